The Balaban J connectivity index is 1.65. The highest BCUT2D eigenvalue weighted by atomic mass is 16.7. The van der Waals surface area contributed by atoms with Crippen LogP contribution in [-0.4, -0.2) is 34.7 Å². The summed E-state index contributed by atoms with van der Waals surface area (Å²) in [6, 6.07) is 18.7. The molecular formula is C31H31N5O5. The molecule has 10 heteroatoms. The van der Waals surface area contributed by atoms with E-state index in [0.29, 0.717) is 11.5 Å². The van der Waals surface area contributed by atoms with E-state index in [1.807, 2.05) is 31.2 Å². The van der Waals surface area contributed by atoms with E-state index in [0.717, 1.165) is 43.2 Å². The molecule has 5 rings (SSSR count). The van der Waals surface area contributed by atoms with Gasteiger partial charge in [0.25, 0.3) is 11.8 Å². The van der Waals surface area contributed by atoms with Gasteiger partial charge in [-0.15, -0.1) is 0 Å². The number of nitrogens with zero attached hydrogens (tertiary/aromatic N) is 4. The Labute approximate surface area is 237 Å². The smallest absolute Gasteiger partial charge is 0.272 e. The third-order valence-corrected chi connectivity index (χ3v) is 7.29. The van der Waals surface area contributed by atoms with Crippen molar-refractivity contribution in [2.75, 3.05) is 6.79 Å². The highest BCUT2D eigenvalue weighted by Gasteiger charge is 2.32. The number of aliphatic hydroxyl groups excluding tert-OH is 1. The molecule has 0 saturated heterocycles. The van der Waals surface area contributed by atoms with Crippen LogP contribution in [0, 0.1) is 6.92 Å². The number of hydrogen-bond donors (Lipinski definition) is 2. The summed E-state index contributed by atoms with van der Waals surface area (Å²) < 4.78 is 10.9. The Kier molecular flexibility index (Phi) is 8.41. The molecule has 41 heavy (non-hydrogen) atoms. The van der Waals surface area contributed by atoms with E-state index in [4.69, 9.17) is 15.0 Å². The van der Waals surface area contributed by atoms with E-state index < -0.39 is 17.6 Å². The zero-order valence-corrected chi connectivity index (χ0v) is 22.7. The molecule has 1 aliphatic carbocycles. The zero-order valence-electron chi connectivity index (χ0n) is 22.7. The van der Waals surface area contributed by atoms with Crippen LogP contribution in [0.25, 0.3) is 16.2 Å². The summed E-state index contributed by atoms with van der Waals surface area (Å²) in [5.74, 6) is -0.626. The van der Waals surface area contributed by atoms with Crippen molar-refractivity contribution < 1.29 is 24.2 Å². The molecular weight excluding hydrogens is 522 g/mol. The van der Waals surface area contributed by atoms with Crippen molar-refractivity contribution in [2.24, 2.45) is 5.11 Å². The summed E-state index contributed by atoms with van der Waals surface area (Å²) in [6.45, 7) is 1.98. The maximum absolute atomic E-state index is 14.2. The summed E-state index contributed by atoms with van der Waals surface area (Å²) in [5.41, 5.74) is 11.2. The van der Waals surface area contributed by atoms with Gasteiger partial charge in [0.1, 0.15) is 0 Å². The van der Waals surface area contributed by atoms with E-state index in [1.54, 1.807) is 30.3 Å². The second-order valence-electron chi connectivity index (χ2n) is 10.2. The molecule has 1 aliphatic heterocycles. The number of rotatable bonds is 8. The van der Waals surface area contributed by atoms with Crippen LogP contribution in [0.15, 0.2) is 77.5 Å². The predicted octanol–water partition coefficient (Wildman–Crippen LogP) is 6.68. The van der Waals surface area contributed by atoms with E-state index in [9.17, 15) is 14.7 Å². The number of hydrogen-bond acceptors (Lipinski definition) is 6. The van der Waals surface area contributed by atoms with Crippen LogP contribution >= 0.6 is 0 Å². The summed E-state index contributed by atoms with van der Waals surface area (Å²) in [5, 5.41) is 18.5. The molecule has 10 nitrogen and oxygen atoms in total. The first-order valence-corrected chi connectivity index (χ1v) is 13.6. The number of nitrogens with one attached hydrogen (secondary N) is 1. The lowest BCUT2D eigenvalue weighted by atomic mass is 9.95. The molecule has 210 valence electrons. The standard InChI is InChI=1S/C31H31N5O5/c1-20-11-13-21(14-12-20)18-36(31(39)24-9-5-6-10-25(24)34-35-32)28(30(38)33-23-7-3-2-4-8-23)29(37)22-15-16-26-27(17-22)41-19-40-26/h5-6,9-17,23,37H,2-4,7-8,18-19H2,1H3,(H,33,38)/b29-28+. The zero-order chi connectivity index (χ0) is 28.8. The maximum atomic E-state index is 14.2. The number of aliphatic hydroxyl groups is 1. The SMILES string of the molecule is Cc1ccc(CN(C(=O)c2ccccc2N=[N+]=[N-])/C(C(=O)NC2CCCCC2)=C(/O)c2ccc3c(c2)OCO3)cc1. The van der Waals surface area contributed by atoms with Gasteiger partial charge in [0, 0.05) is 22.1 Å². The molecule has 2 N–H and O–H groups in total. The Morgan fingerprint density at radius 2 is 1.76 bits per heavy atom. The summed E-state index contributed by atoms with van der Waals surface area (Å²) in [7, 11) is 0. The van der Waals surface area contributed by atoms with Gasteiger partial charge < -0.3 is 19.9 Å². The van der Waals surface area contributed by atoms with Crippen molar-refractivity contribution >= 4 is 23.3 Å². The minimum Gasteiger partial charge on any atom is -0.505 e. The van der Waals surface area contributed by atoms with E-state index in [1.165, 1.54) is 17.0 Å². The lowest BCUT2D eigenvalue weighted by molar-refractivity contribution is -0.119. The summed E-state index contributed by atoms with van der Waals surface area (Å²) >= 11 is 0. The minimum atomic E-state index is -0.602. The highest BCUT2D eigenvalue weighted by Crippen LogP contribution is 2.36. The van der Waals surface area contributed by atoms with Gasteiger partial charge in [0.05, 0.1) is 12.2 Å². The van der Waals surface area contributed by atoms with Crippen LogP contribution in [0.5, 0.6) is 11.5 Å². The second-order valence-corrected chi connectivity index (χ2v) is 10.2. The predicted molar refractivity (Wildman–Crippen MR) is 153 cm³/mol. The lowest BCUT2D eigenvalue weighted by Gasteiger charge is -2.29. The van der Waals surface area contributed by atoms with Crippen molar-refractivity contribution in [3.05, 3.63) is 105 Å². The van der Waals surface area contributed by atoms with Crippen LogP contribution in [0.4, 0.5) is 5.69 Å². The number of carbonyl (C=O) groups is 2. The van der Waals surface area contributed by atoms with Crippen LogP contribution in [-0.2, 0) is 11.3 Å². The summed E-state index contributed by atoms with van der Waals surface area (Å²) in [6.07, 6.45) is 4.71. The van der Waals surface area contributed by atoms with Gasteiger partial charge >= 0.3 is 0 Å². The monoisotopic (exact) mass is 553 g/mol. The van der Waals surface area contributed by atoms with E-state index in [-0.39, 0.29) is 41.9 Å². The normalized spacial score (nSPS) is 15.0. The first kappa shape index (κ1) is 27.6. The van der Waals surface area contributed by atoms with Crippen LogP contribution in [0.3, 0.4) is 0 Å². The van der Waals surface area contributed by atoms with Gasteiger partial charge in [-0.1, -0.05) is 72.4 Å². The van der Waals surface area contributed by atoms with Gasteiger partial charge in [-0.05, 0) is 55.1 Å². The first-order valence-electron chi connectivity index (χ1n) is 13.6. The molecule has 2 aliphatic rings. The number of benzene rings is 3. The van der Waals surface area contributed by atoms with Crippen molar-refractivity contribution in [3.8, 4) is 11.5 Å². The average Bonchev–Trinajstić information content (AvgIpc) is 3.46. The van der Waals surface area contributed by atoms with Gasteiger partial charge in [0.2, 0.25) is 6.79 Å². The van der Waals surface area contributed by atoms with E-state index >= 15 is 0 Å². The fourth-order valence-corrected chi connectivity index (χ4v) is 5.10. The molecule has 0 unspecified atom stereocenters. The van der Waals surface area contributed by atoms with Crippen LogP contribution in [0.1, 0.15) is 59.2 Å². The Hall–Kier alpha value is -4.95. The highest BCUT2D eigenvalue weighted by molar-refractivity contribution is 6.08. The number of carbonyl (C=O) groups excluding carboxylic acids is 2. The van der Waals surface area contributed by atoms with E-state index in [2.05, 4.69) is 15.3 Å². The second kappa shape index (κ2) is 12.5. The van der Waals surface area contributed by atoms with Gasteiger partial charge in [0.15, 0.2) is 23.0 Å². The molecule has 0 atom stereocenters. The molecule has 0 radical (unpaired) electrons. The molecule has 1 heterocycles. The molecule has 3 aromatic rings. The molecule has 2 amide bonds. The number of azide groups is 1. The molecule has 0 spiro atoms. The van der Waals surface area contributed by atoms with Crippen molar-refractivity contribution in [3.63, 3.8) is 0 Å². The molecule has 1 saturated carbocycles. The maximum Gasteiger partial charge on any atom is 0.272 e. The van der Waals surface area contributed by atoms with Gasteiger partial charge in [-0.25, -0.2) is 0 Å². The molecule has 0 aromatic heterocycles. The van der Waals surface area contributed by atoms with Crippen molar-refractivity contribution in [2.45, 2.75) is 51.6 Å². The fraction of sp³-hybridized carbons (Fsp3) is 0.290. The molecule has 0 bridgehead atoms. The van der Waals surface area contributed by atoms with Crippen LogP contribution < -0.4 is 14.8 Å². The first-order chi connectivity index (χ1) is 19.9. The number of fused-ring (bicyclic) bond motifs is 1. The Bertz CT molecular complexity index is 1520. The van der Waals surface area contributed by atoms with Crippen molar-refractivity contribution in [1.82, 2.24) is 10.2 Å². The quantitative estimate of drug-likeness (QED) is 0.105. The third kappa shape index (κ3) is 6.28. The number of ether oxygens (including phenoxy) is 2. The van der Waals surface area contributed by atoms with Gasteiger partial charge in [-0.2, -0.15) is 0 Å². The largest absolute Gasteiger partial charge is 0.505 e. The lowest BCUT2D eigenvalue weighted by Crippen LogP contribution is -2.43. The third-order valence-electron chi connectivity index (χ3n) is 7.29. The van der Waals surface area contributed by atoms with Crippen molar-refractivity contribution in [1.29, 1.82) is 0 Å². The van der Waals surface area contributed by atoms with Crippen LogP contribution in [0.2, 0.25) is 0 Å². The minimum absolute atomic E-state index is 0.0221. The fourth-order valence-electron chi connectivity index (χ4n) is 5.10. The molecule has 1 fully saturated rings. The molecule has 3 aromatic carbocycles. The Morgan fingerprint density at radius 3 is 2.51 bits per heavy atom. The summed E-state index contributed by atoms with van der Waals surface area (Å²) in [4.78, 5) is 32.4. The topological polar surface area (TPSA) is 137 Å². The number of amides is 2. The average molecular weight is 554 g/mol. The van der Waals surface area contributed by atoms with Gasteiger partial charge in [-0.3, -0.25) is 14.5 Å². The Morgan fingerprint density at radius 1 is 1.02 bits per heavy atom. The number of aryl methyl sites for hydroxylation is 1.